The third-order valence-corrected chi connectivity index (χ3v) is 2.70. The summed E-state index contributed by atoms with van der Waals surface area (Å²) in [6.45, 7) is 5.60. The van der Waals surface area contributed by atoms with Gasteiger partial charge in [-0.25, -0.2) is 4.98 Å². The Bertz CT molecular complexity index is 263. The largest absolute Gasteiger partial charge is 0.334 e. The number of hydrogen-bond donors (Lipinski definition) is 1. The van der Waals surface area contributed by atoms with E-state index in [1.807, 2.05) is 12.5 Å². The average molecular weight is 179 g/mol. The van der Waals surface area contributed by atoms with E-state index in [2.05, 4.69) is 21.8 Å². The molecule has 0 radical (unpaired) electrons. The SMILES string of the molecule is CCCCn1cncc1C1CNC1. The topological polar surface area (TPSA) is 29.9 Å². The highest BCUT2D eigenvalue weighted by atomic mass is 15.1. The van der Waals surface area contributed by atoms with Crippen LogP contribution in [0.2, 0.25) is 0 Å². The molecule has 0 unspecified atom stereocenters. The second-order valence-electron chi connectivity index (χ2n) is 3.72. The van der Waals surface area contributed by atoms with Crippen LogP contribution in [0.15, 0.2) is 12.5 Å². The summed E-state index contributed by atoms with van der Waals surface area (Å²) in [6.07, 6.45) is 6.48. The molecular weight excluding hydrogens is 162 g/mol. The van der Waals surface area contributed by atoms with Crippen LogP contribution in [0.3, 0.4) is 0 Å². The fourth-order valence-corrected chi connectivity index (χ4v) is 1.68. The van der Waals surface area contributed by atoms with Gasteiger partial charge >= 0.3 is 0 Å². The van der Waals surface area contributed by atoms with Gasteiger partial charge in [0.2, 0.25) is 0 Å². The molecule has 3 heteroatoms. The van der Waals surface area contributed by atoms with Crippen LogP contribution in [0.1, 0.15) is 31.4 Å². The van der Waals surface area contributed by atoms with Crippen molar-refractivity contribution in [1.82, 2.24) is 14.9 Å². The third-order valence-electron chi connectivity index (χ3n) is 2.70. The van der Waals surface area contributed by atoms with Crippen molar-refractivity contribution >= 4 is 0 Å². The predicted octanol–water partition coefficient (Wildman–Crippen LogP) is 1.37. The van der Waals surface area contributed by atoms with Crippen molar-refractivity contribution in [3.8, 4) is 0 Å². The summed E-state index contributed by atoms with van der Waals surface area (Å²) >= 11 is 0. The Balaban J connectivity index is 2.02. The molecular formula is C10H17N3. The van der Waals surface area contributed by atoms with Crippen molar-refractivity contribution in [3.05, 3.63) is 18.2 Å². The Morgan fingerprint density at radius 1 is 1.62 bits per heavy atom. The summed E-state index contributed by atoms with van der Waals surface area (Å²) in [7, 11) is 0. The summed E-state index contributed by atoms with van der Waals surface area (Å²) in [5.74, 6) is 0.708. The third kappa shape index (κ3) is 1.75. The van der Waals surface area contributed by atoms with Crippen LogP contribution in [0.5, 0.6) is 0 Å². The van der Waals surface area contributed by atoms with E-state index in [1.165, 1.54) is 18.5 Å². The van der Waals surface area contributed by atoms with E-state index in [0.717, 1.165) is 19.6 Å². The van der Waals surface area contributed by atoms with Crippen molar-refractivity contribution < 1.29 is 0 Å². The Kier molecular flexibility index (Phi) is 2.64. The molecule has 13 heavy (non-hydrogen) atoms. The molecule has 0 aromatic carbocycles. The summed E-state index contributed by atoms with van der Waals surface area (Å²) < 4.78 is 2.30. The standard InChI is InChI=1S/C10H17N3/c1-2-3-4-13-8-12-7-10(13)9-5-11-6-9/h7-9,11H,2-6H2,1H3. The molecule has 2 rings (SSSR count). The molecule has 0 amide bonds. The summed E-state index contributed by atoms with van der Waals surface area (Å²) in [4.78, 5) is 4.21. The monoisotopic (exact) mass is 179 g/mol. The van der Waals surface area contributed by atoms with Crippen molar-refractivity contribution in [2.75, 3.05) is 13.1 Å². The highest BCUT2D eigenvalue weighted by Crippen LogP contribution is 2.19. The number of aromatic nitrogens is 2. The Labute approximate surface area is 79.2 Å². The number of imidazole rings is 1. The number of unbranched alkanes of at least 4 members (excludes halogenated alkanes) is 1. The lowest BCUT2D eigenvalue weighted by atomic mass is 10.00. The van der Waals surface area contributed by atoms with Gasteiger partial charge in [-0.2, -0.15) is 0 Å². The van der Waals surface area contributed by atoms with Crippen LogP contribution in [0, 0.1) is 0 Å². The maximum Gasteiger partial charge on any atom is 0.0948 e. The smallest absolute Gasteiger partial charge is 0.0948 e. The first-order chi connectivity index (χ1) is 6.42. The first-order valence-electron chi connectivity index (χ1n) is 5.12. The van der Waals surface area contributed by atoms with Gasteiger partial charge in [0.1, 0.15) is 0 Å². The van der Waals surface area contributed by atoms with Crippen molar-refractivity contribution in [3.63, 3.8) is 0 Å². The Hall–Kier alpha value is -0.830. The molecule has 1 aliphatic rings. The minimum absolute atomic E-state index is 0.708. The van der Waals surface area contributed by atoms with E-state index < -0.39 is 0 Å². The van der Waals surface area contributed by atoms with Gasteiger partial charge in [-0.1, -0.05) is 13.3 Å². The van der Waals surface area contributed by atoms with E-state index >= 15 is 0 Å². The van der Waals surface area contributed by atoms with Gasteiger partial charge in [-0.3, -0.25) is 0 Å². The summed E-state index contributed by atoms with van der Waals surface area (Å²) in [5, 5.41) is 3.29. The first-order valence-corrected chi connectivity index (χ1v) is 5.12. The molecule has 0 saturated carbocycles. The molecule has 1 aliphatic heterocycles. The van der Waals surface area contributed by atoms with Crippen LogP contribution in [0.4, 0.5) is 0 Å². The molecule has 1 aromatic heterocycles. The average Bonchev–Trinajstić information content (AvgIpc) is 2.46. The minimum atomic E-state index is 0.708. The van der Waals surface area contributed by atoms with Crippen molar-refractivity contribution in [1.29, 1.82) is 0 Å². The summed E-state index contributed by atoms with van der Waals surface area (Å²) in [5.41, 5.74) is 1.41. The molecule has 0 aliphatic carbocycles. The zero-order chi connectivity index (χ0) is 9.10. The number of nitrogens with zero attached hydrogens (tertiary/aromatic N) is 2. The molecule has 1 aromatic rings. The van der Waals surface area contributed by atoms with Crippen LogP contribution < -0.4 is 5.32 Å². The molecule has 72 valence electrons. The van der Waals surface area contributed by atoms with E-state index in [1.54, 1.807) is 0 Å². The molecule has 2 heterocycles. The van der Waals surface area contributed by atoms with E-state index in [9.17, 15) is 0 Å². The van der Waals surface area contributed by atoms with Crippen LogP contribution in [-0.2, 0) is 6.54 Å². The van der Waals surface area contributed by atoms with E-state index in [-0.39, 0.29) is 0 Å². The fourth-order valence-electron chi connectivity index (χ4n) is 1.68. The molecule has 0 bridgehead atoms. The molecule has 0 atom stereocenters. The first kappa shape index (κ1) is 8.75. The predicted molar refractivity (Wildman–Crippen MR) is 52.7 cm³/mol. The minimum Gasteiger partial charge on any atom is -0.334 e. The van der Waals surface area contributed by atoms with E-state index in [4.69, 9.17) is 0 Å². The van der Waals surface area contributed by atoms with Gasteiger partial charge in [0.25, 0.3) is 0 Å². The lowest BCUT2D eigenvalue weighted by molar-refractivity contribution is 0.421. The van der Waals surface area contributed by atoms with E-state index in [0.29, 0.717) is 5.92 Å². The number of nitrogens with one attached hydrogen (secondary N) is 1. The zero-order valence-electron chi connectivity index (χ0n) is 8.16. The molecule has 3 nitrogen and oxygen atoms in total. The van der Waals surface area contributed by atoms with Gasteiger partial charge in [0.15, 0.2) is 0 Å². The molecule has 1 fully saturated rings. The number of aryl methyl sites for hydroxylation is 1. The van der Waals surface area contributed by atoms with Gasteiger partial charge in [0.05, 0.1) is 6.33 Å². The molecule has 1 N–H and O–H groups in total. The summed E-state index contributed by atoms with van der Waals surface area (Å²) in [6, 6.07) is 0. The lowest BCUT2D eigenvalue weighted by Gasteiger charge is -2.27. The molecule has 1 saturated heterocycles. The Morgan fingerprint density at radius 3 is 3.08 bits per heavy atom. The fraction of sp³-hybridized carbons (Fsp3) is 0.700. The van der Waals surface area contributed by atoms with Gasteiger partial charge < -0.3 is 9.88 Å². The van der Waals surface area contributed by atoms with Crippen LogP contribution in [0.25, 0.3) is 0 Å². The highest BCUT2D eigenvalue weighted by molar-refractivity contribution is 5.11. The van der Waals surface area contributed by atoms with Gasteiger partial charge in [-0.15, -0.1) is 0 Å². The van der Waals surface area contributed by atoms with Crippen LogP contribution >= 0.6 is 0 Å². The second kappa shape index (κ2) is 3.92. The second-order valence-corrected chi connectivity index (χ2v) is 3.72. The lowest BCUT2D eigenvalue weighted by Crippen LogP contribution is -2.40. The quantitative estimate of drug-likeness (QED) is 0.756. The van der Waals surface area contributed by atoms with Crippen molar-refractivity contribution in [2.45, 2.75) is 32.2 Å². The zero-order valence-corrected chi connectivity index (χ0v) is 8.16. The maximum atomic E-state index is 4.21. The highest BCUT2D eigenvalue weighted by Gasteiger charge is 2.21. The number of rotatable bonds is 4. The maximum absolute atomic E-state index is 4.21. The molecule has 0 spiro atoms. The normalized spacial score (nSPS) is 17.3. The number of hydrogen-bond acceptors (Lipinski definition) is 2. The Morgan fingerprint density at radius 2 is 2.46 bits per heavy atom. The van der Waals surface area contributed by atoms with Gasteiger partial charge in [-0.05, 0) is 6.42 Å². The van der Waals surface area contributed by atoms with Crippen molar-refractivity contribution in [2.24, 2.45) is 0 Å². The van der Waals surface area contributed by atoms with Crippen LogP contribution in [-0.4, -0.2) is 22.6 Å². The van der Waals surface area contributed by atoms with Gasteiger partial charge in [0, 0.05) is 37.4 Å².